The van der Waals surface area contributed by atoms with Crippen LogP contribution in [-0.4, -0.2) is 17.1 Å². The van der Waals surface area contributed by atoms with E-state index in [1.165, 1.54) is 19.9 Å². The first kappa shape index (κ1) is 16.4. The van der Waals surface area contributed by atoms with Gasteiger partial charge in [-0.15, -0.1) is 0 Å². The number of nitrogens with two attached hydrogens (primary N) is 1. The summed E-state index contributed by atoms with van der Waals surface area (Å²) in [6, 6.07) is 1.86. The molecule has 0 saturated carbocycles. The number of rotatable bonds is 4. The number of aliphatic carboxylic acids is 1. The maximum Gasteiger partial charge on any atom is 0.419 e. The van der Waals surface area contributed by atoms with Crippen molar-refractivity contribution in [2.24, 2.45) is 11.1 Å². The average Bonchev–Trinajstić information content (AvgIpc) is 2.29. The number of carboxylic acid groups (broad SMARTS) is 1. The average molecular weight is 293 g/mol. The van der Waals surface area contributed by atoms with E-state index in [1.807, 2.05) is 0 Å². The highest BCUT2D eigenvalue weighted by Crippen LogP contribution is 2.33. The molecule has 20 heavy (non-hydrogen) atoms. The fourth-order valence-electron chi connectivity index (χ4n) is 1.61. The van der Waals surface area contributed by atoms with Crippen molar-refractivity contribution in [3.63, 3.8) is 0 Å². The number of benzene rings is 1. The predicted octanol–water partition coefficient (Wildman–Crippen LogP) is 2.83. The highest BCUT2D eigenvalue weighted by Gasteiger charge is 2.37. The first-order chi connectivity index (χ1) is 8.98. The summed E-state index contributed by atoms with van der Waals surface area (Å²) in [5.41, 5.74) is 2.68. The van der Waals surface area contributed by atoms with Crippen molar-refractivity contribution in [2.75, 3.05) is 0 Å². The third kappa shape index (κ3) is 3.27. The van der Waals surface area contributed by atoms with Crippen LogP contribution in [0.1, 0.15) is 25.0 Å². The normalized spacial score (nSPS) is 14.2. The van der Waals surface area contributed by atoms with Crippen LogP contribution in [0, 0.1) is 11.2 Å². The minimum absolute atomic E-state index is 0.248. The van der Waals surface area contributed by atoms with Crippen LogP contribution >= 0.6 is 0 Å². The lowest BCUT2D eigenvalue weighted by Gasteiger charge is -2.27. The molecule has 3 nitrogen and oxygen atoms in total. The lowest BCUT2D eigenvalue weighted by molar-refractivity contribution is -0.148. The Bertz CT molecular complexity index is 512. The van der Waals surface area contributed by atoms with Gasteiger partial charge >= 0.3 is 12.1 Å². The van der Waals surface area contributed by atoms with Gasteiger partial charge in [-0.05, 0) is 31.9 Å². The van der Waals surface area contributed by atoms with Gasteiger partial charge in [-0.25, -0.2) is 4.39 Å². The monoisotopic (exact) mass is 293 g/mol. The zero-order chi connectivity index (χ0) is 15.7. The predicted molar refractivity (Wildman–Crippen MR) is 64.5 cm³/mol. The summed E-state index contributed by atoms with van der Waals surface area (Å²) in [4.78, 5) is 11.0. The third-order valence-electron chi connectivity index (χ3n) is 3.30. The van der Waals surface area contributed by atoms with Crippen LogP contribution in [-0.2, 0) is 17.4 Å². The number of hydrogen-bond donors (Lipinski definition) is 2. The van der Waals surface area contributed by atoms with Crippen LogP contribution in [0.5, 0.6) is 0 Å². The second-order valence-corrected chi connectivity index (χ2v) is 5.11. The zero-order valence-corrected chi connectivity index (χ0v) is 11.0. The number of alkyl halides is 3. The van der Waals surface area contributed by atoms with E-state index in [4.69, 9.17) is 10.8 Å². The first-order valence-corrected chi connectivity index (χ1v) is 5.81. The Labute approximate surface area is 113 Å². The fourth-order valence-corrected chi connectivity index (χ4v) is 1.61. The molecular formula is C13H15F4NO2. The molecular weight excluding hydrogens is 278 g/mol. The maximum atomic E-state index is 13.8. The summed E-state index contributed by atoms with van der Waals surface area (Å²) in [7, 11) is 0. The Kier molecular flexibility index (Phi) is 4.43. The maximum absolute atomic E-state index is 13.8. The molecule has 0 spiro atoms. The van der Waals surface area contributed by atoms with E-state index in [9.17, 15) is 22.4 Å². The van der Waals surface area contributed by atoms with Crippen LogP contribution < -0.4 is 5.73 Å². The molecule has 1 rings (SSSR count). The molecule has 0 aromatic heterocycles. The van der Waals surface area contributed by atoms with Gasteiger partial charge in [0.05, 0.1) is 11.0 Å². The van der Waals surface area contributed by atoms with Crippen LogP contribution in [0.3, 0.4) is 0 Å². The Hall–Kier alpha value is -1.63. The van der Waals surface area contributed by atoms with Crippen molar-refractivity contribution < 1.29 is 27.5 Å². The van der Waals surface area contributed by atoms with E-state index in [2.05, 4.69) is 0 Å². The molecule has 1 unspecified atom stereocenters. The molecule has 112 valence electrons. The largest absolute Gasteiger partial charge is 0.481 e. The lowest BCUT2D eigenvalue weighted by Crippen LogP contribution is -2.44. The molecule has 0 radical (unpaired) electrons. The van der Waals surface area contributed by atoms with Gasteiger partial charge in [0.15, 0.2) is 0 Å². The molecule has 0 aliphatic heterocycles. The third-order valence-corrected chi connectivity index (χ3v) is 3.30. The number of halogens is 4. The number of carboxylic acids is 1. The molecule has 3 N–H and O–H groups in total. The molecule has 0 heterocycles. The quantitative estimate of drug-likeness (QED) is 0.839. The molecule has 0 aliphatic rings. The molecule has 1 aromatic carbocycles. The van der Waals surface area contributed by atoms with Crippen molar-refractivity contribution in [3.8, 4) is 0 Å². The van der Waals surface area contributed by atoms with E-state index in [1.54, 1.807) is 0 Å². The van der Waals surface area contributed by atoms with Gasteiger partial charge in [0.2, 0.25) is 0 Å². The van der Waals surface area contributed by atoms with Crippen molar-refractivity contribution in [1.82, 2.24) is 0 Å². The molecule has 0 bridgehead atoms. The summed E-state index contributed by atoms with van der Waals surface area (Å²) >= 11 is 0. The summed E-state index contributed by atoms with van der Waals surface area (Å²) in [6.45, 7) is 2.68. The SMILES string of the molecule is CC(C)(C(=O)O)C(N)Cc1cccc(C(F)(F)F)c1F. The topological polar surface area (TPSA) is 63.3 Å². The van der Waals surface area contributed by atoms with Crippen molar-refractivity contribution in [2.45, 2.75) is 32.5 Å². The number of carbonyl (C=O) groups is 1. The molecule has 0 fully saturated rings. The zero-order valence-electron chi connectivity index (χ0n) is 11.0. The molecule has 7 heteroatoms. The molecule has 0 aliphatic carbocycles. The van der Waals surface area contributed by atoms with Gasteiger partial charge in [0.25, 0.3) is 0 Å². The minimum Gasteiger partial charge on any atom is -0.481 e. The van der Waals surface area contributed by atoms with E-state index >= 15 is 0 Å². The minimum atomic E-state index is -4.80. The van der Waals surface area contributed by atoms with Crippen LogP contribution in [0.4, 0.5) is 17.6 Å². The summed E-state index contributed by atoms with van der Waals surface area (Å²) in [5.74, 6) is -2.60. The number of hydrogen-bond acceptors (Lipinski definition) is 2. The Morgan fingerprint density at radius 1 is 1.35 bits per heavy atom. The first-order valence-electron chi connectivity index (χ1n) is 5.81. The Morgan fingerprint density at radius 3 is 2.35 bits per heavy atom. The Morgan fingerprint density at radius 2 is 1.90 bits per heavy atom. The Balaban J connectivity index is 3.09. The summed E-state index contributed by atoms with van der Waals surface area (Å²) < 4.78 is 51.5. The van der Waals surface area contributed by atoms with E-state index in [0.29, 0.717) is 6.07 Å². The van der Waals surface area contributed by atoms with Crippen molar-refractivity contribution in [3.05, 3.63) is 35.1 Å². The second-order valence-electron chi connectivity index (χ2n) is 5.11. The van der Waals surface area contributed by atoms with Crippen LogP contribution in [0.15, 0.2) is 18.2 Å². The molecule has 0 amide bonds. The van der Waals surface area contributed by atoms with Crippen LogP contribution in [0.25, 0.3) is 0 Å². The van der Waals surface area contributed by atoms with Gasteiger partial charge in [-0.3, -0.25) is 4.79 Å². The van der Waals surface area contributed by atoms with Crippen molar-refractivity contribution in [1.29, 1.82) is 0 Å². The van der Waals surface area contributed by atoms with Gasteiger partial charge in [-0.2, -0.15) is 13.2 Å². The molecule has 1 aromatic rings. The second kappa shape index (κ2) is 5.40. The van der Waals surface area contributed by atoms with Crippen LogP contribution in [0.2, 0.25) is 0 Å². The van der Waals surface area contributed by atoms with Gasteiger partial charge < -0.3 is 10.8 Å². The molecule has 0 saturated heterocycles. The van der Waals surface area contributed by atoms with E-state index in [0.717, 1.165) is 6.07 Å². The van der Waals surface area contributed by atoms with Crippen molar-refractivity contribution >= 4 is 5.97 Å². The summed E-state index contributed by atoms with van der Waals surface area (Å²) in [5, 5.41) is 8.99. The summed E-state index contributed by atoms with van der Waals surface area (Å²) in [6.07, 6.45) is -5.10. The fraction of sp³-hybridized carbons (Fsp3) is 0.462. The van der Waals surface area contributed by atoms with Gasteiger partial charge in [0.1, 0.15) is 5.82 Å². The van der Waals surface area contributed by atoms with E-state index < -0.39 is 35.0 Å². The highest BCUT2D eigenvalue weighted by atomic mass is 19.4. The van der Waals surface area contributed by atoms with E-state index in [-0.39, 0.29) is 12.0 Å². The lowest BCUT2D eigenvalue weighted by atomic mass is 9.81. The molecule has 1 atom stereocenters. The standard InChI is InChI=1S/C13H15F4NO2/c1-12(2,11(19)20)9(18)6-7-4-3-5-8(10(7)14)13(15,16)17/h3-5,9H,6,18H2,1-2H3,(H,19,20). The smallest absolute Gasteiger partial charge is 0.419 e. The van der Waals surface area contributed by atoms with Gasteiger partial charge in [-0.1, -0.05) is 12.1 Å². The highest BCUT2D eigenvalue weighted by molar-refractivity contribution is 5.74. The van der Waals surface area contributed by atoms with Gasteiger partial charge in [0, 0.05) is 6.04 Å².